The SMILES string of the molecule is Cc1ccc(C(=O)N(Cc2ccccc2)C(C)(C)C)cc1. The van der Waals surface area contributed by atoms with Gasteiger partial charge in [-0.1, -0.05) is 48.0 Å². The Morgan fingerprint density at radius 2 is 1.52 bits per heavy atom. The monoisotopic (exact) mass is 281 g/mol. The highest BCUT2D eigenvalue weighted by molar-refractivity contribution is 5.94. The number of carbonyl (C=O) groups is 1. The molecule has 0 N–H and O–H groups in total. The molecule has 0 heterocycles. The number of amides is 1. The van der Waals surface area contributed by atoms with Crippen LogP contribution in [0.15, 0.2) is 54.6 Å². The molecule has 0 saturated heterocycles. The van der Waals surface area contributed by atoms with Crippen molar-refractivity contribution >= 4 is 5.91 Å². The van der Waals surface area contributed by atoms with Crippen LogP contribution in [-0.2, 0) is 6.54 Å². The second-order valence-electron chi connectivity index (χ2n) is 6.41. The van der Waals surface area contributed by atoms with E-state index in [0.717, 1.165) is 16.7 Å². The first-order valence-electron chi connectivity index (χ1n) is 7.30. The van der Waals surface area contributed by atoms with Crippen molar-refractivity contribution in [2.75, 3.05) is 0 Å². The van der Waals surface area contributed by atoms with Gasteiger partial charge in [0.2, 0.25) is 0 Å². The summed E-state index contributed by atoms with van der Waals surface area (Å²) in [4.78, 5) is 14.8. The van der Waals surface area contributed by atoms with Gasteiger partial charge in [0.05, 0.1) is 0 Å². The minimum atomic E-state index is -0.224. The minimum absolute atomic E-state index is 0.0753. The van der Waals surface area contributed by atoms with Crippen LogP contribution in [0.3, 0.4) is 0 Å². The van der Waals surface area contributed by atoms with Gasteiger partial charge < -0.3 is 4.90 Å². The average molecular weight is 281 g/mol. The van der Waals surface area contributed by atoms with E-state index in [1.54, 1.807) is 0 Å². The zero-order chi connectivity index (χ0) is 15.5. The fraction of sp³-hybridized carbons (Fsp3) is 0.316. The molecule has 0 spiro atoms. The third-order valence-corrected chi connectivity index (χ3v) is 3.54. The minimum Gasteiger partial charge on any atom is -0.329 e. The largest absolute Gasteiger partial charge is 0.329 e. The molecule has 2 aromatic carbocycles. The van der Waals surface area contributed by atoms with Crippen molar-refractivity contribution < 1.29 is 4.79 Å². The third kappa shape index (κ3) is 3.94. The van der Waals surface area contributed by atoms with Gasteiger partial charge in [0.1, 0.15) is 0 Å². The molecular weight excluding hydrogens is 258 g/mol. The molecule has 0 aromatic heterocycles. The molecule has 0 aliphatic carbocycles. The van der Waals surface area contributed by atoms with Gasteiger partial charge in [-0.05, 0) is 45.4 Å². The van der Waals surface area contributed by atoms with Gasteiger partial charge in [-0.15, -0.1) is 0 Å². The van der Waals surface area contributed by atoms with Gasteiger partial charge in [0.15, 0.2) is 0 Å². The molecule has 2 heteroatoms. The van der Waals surface area contributed by atoms with Crippen LogP contribution in [0.4, 0.5) is 0 Å². The van der Waals surface area contributed by atoms with Gasteiger partial charge in [0, 0.05) is 17.6 Å². The summed E-state index contributed by atoms with van der Waals surface area (Å²) < 4.78 is 0. The van der Waals surface area contributed by atoms with E-state index < -0.39 is 0 Å². The number of hydrogen-bond donors (Lipinski definition) is 0. The first-order chi connectivity index (χ1) is 9.88. The zero-order valence-electron chi connectivity index (χ0n) is 13.3. The number of carbonyl (C=O) groups excluding carboxylic acids is 1. The summed E-state index contributed by atoms with van der Waals surface area (Å²) in [5, 5.41) is 0. The van der Waals surface area contributed by atoms with Crippen molar-refractivity contribution in [2.24, 2.45) is 0 Å². The number of aryl methyl sites for hydroxylation is 1. The lowest BCUT2D eigenvalue weighted by atomic mass is 10.0. The lowest BCUT2D eigenvalue weighted by Crippen LogP contribution is -2.45. The highest BCUT2D eigenvalue weighted by Crippen LogP contribution is 2.21. The van der Waals surface area contributed by atoms with Crippen molar-refractivity contribution in [2.45, 2.75) is 39.8 Å². The Morgan fingerprint density at radius 3 is 2.05 bits per heavy atom. The summed E-state index contributed by atoms with van der Waals surface area (Å²) in [6.07, 6.45) is 0. The van der Waals surface area contributed by atoms with Crippen molar-refractivity contribution in [1.29, 1.82) is 0 Å². The lowest BCUT2D eigenvalue weighted by molar-refractivity contribution is 0.0559. The summed E-state index contributed by atoms with van der Waals surface area (Å²) >= 11 is 0. The van der Waals surface area contributed by atoms with Crippen molar-refractivity contribution in [1.82, 2.24) is 4.90 Å². The molecule has 0 atom stereocenters. The fourth-order valence-electron chi connectivity index (χ4n) is 2.23. The van der Waals surface area contributed by atoms with E-state index in [2.05, 4.69) is 32.9 Å². The highest BCUT2D eigenvalue weighted by atomic mass is 16.2. The third-order valence-electron chi connectivity index (χ3n) is 3.54. The van der Waals surface area contributed by atoms with E-state index in [-0.39, 0.29) is 11.4 Å². The maximum atomic E-state index is 12.8. The Kier molecular flexibility index (Phi) is 4.46. The molecule has 2 nitrogen and oxygen atoms in total. The maximum Gasteiger partial charge on any atom is 0.254 e. The molecule has 2 aromatic rings. The Morgan fingerprint density at radius 1 is 0.952 bits per heavy atom. The summed E-state index contributed by atoms with van der Waals surface area (Å²) in [5.41, 5.74) is 2.83. The predicted octanol–water partition coefficient (Wildman–Crippen LogP) is 4.44. The lowest BCUT2D eigenvalue weighted by Gasteiger charge is -2.36. The second kappa shape index (κ2) is 6.13. The smallest absolute Gasteiger partial charge is 0.254 e. The molecular formula is C19H23NO. The van der Waals surface area contributed by atoms with Crippen LogP contribution in [0.2, 0.25) is 0 Å². The standard InChI is InChI=1S/C19H23NO/c1-15-10-12-17(13-11-15)18(21)20(19(2,3)4)14-16-8-6-5-7-9-16/h5-13H,14H2,1-4H3. The molecule has 21 heavy (non-hydrogen) atoms. The quantitative estimate of drug-likeness (QED) is 0.814. The van der Waals surface area contributed by atoms with Crippen LogP contribution in [0.5, 0.6) is 0 Å². The van der Waals surface area contributed by atoms with E-state index in [9.17, 15) is 4.79 Å². The molecule has 0 fully saturated rings. The first kappa shape index (κ1) is 15.3. The molecule has 0 saturated carbocycles. The maximum absolute atomic E-state index is 12.8. The average Bonchev–Trinajstić information content (AvgIpc) is 2.45. The topological polar surface area (TPSA) is 20.3 Å². The van der Waals surface area contributed by atoms with Crippen LogP contribution in [-0.4, -0.2) is 16.3 Å². The second-order valence-corrected chi connectivity index (χ2v) is 6.41. The Bertz CT molecular complexity index is 594. The molecule has 0 bridgehead atoms. The van der Waals surface area contributed by atoms with Crippen molar-refractivity contribution in [3.8, 4) is 0 Å². The van der Waals surface area contributed by atoms with Crippen LogP contribution in [0.1, 0.15) is 42.3 Å². The molecule has 0 radical (unpaired) electrons. The van der Waals surface area contributed by atoms with E-state index >= 15 is 0 Å². The number of benzene rings is 2. The van der Waals surface area contributed by atoms with E-state index in [0.29, 0.717) is 6.54 Å². The van der Waals surface area contributed by atoms with Gasteiger partial charge in [-0.2, -0.15) is 0 Å². The number of hydrogen-bond acceptors (Lipinski definition) is 1. The molecule has 0 aliphatic rings. The van der Waals surface area contributed by atoms with Crippen molar-refractivity contribution in [3.63, 3.8) is 0 Å². The number of rotatable bonds is 3. The van der Waals surface area contributed by atoms with E-state index in [4.69, 9.17) is 0 Å². The summed E-state index contributed by atoms with van der Waals surface area (Å²) in [7, 11) is 0. The highest BCUT2D eigenvalue weighted by Gasteiger charge is 2.27. The number of nitrogens with zero attached hydrogens (tertiary/aromatic N) is 1. The van der Waals surface area contributed by atoms with Crippen molar-refractivity contribution in [3.05, 3.63) is 71.3 Å². The zero-order valence-corrected chi connectivity index (χ0v) is 13.3. The molecule has 110 valence electrons. The molecule has 2 rings (SSSR count). The van der Waals surface area contributed by atoms with E-state index in [1.807, 2.05) is 54.3 Å². The Labute approximate surface area is 127 Å². The van der Waals surface area contributed by atoms with Gasteiger partial charge in [0.25, 0.3) is 5.91 Å². The predicted molar refractivity (Wildman–Crippen MR) is 87.2 cm³/mol. The molecule has 0 unspecified atom stereocenters. The van der Waals surface area contributed by atoms with Gasteiger partial charge >= 0.3 is 0 Å². The summed E-state index contributed by atoms with van der Waals surface area (Å²) in [6, 6.07) is 17.9. The first-order valence-corrected chi connectivity index (χ1v) is 7.30. The molecule has 0 aliphatic heterocycles. The van der Waals surface area contributed by atoms with Crippen LogP contribution in [0, 0.1) is 6.92 Å². The summed E-state index contributed by atoms with van der Waals surface area (Å²) in [5.74, 6) is 0.0753. The fourth-order valence-corrected chi connectivity index (χ4v) is 2.23. The molecule has 1 amide bonds. The van der Waals surface area contributed by atoms with Crippen LogP contribution >= 0.6 is 0 Å². The Hall–Kier alpha value is -2.09. The Balaban J connectivity index is 2.28. The van der Waals surface area contributed by atoms with Gasteiger partial charge in [-0.25, -0.2) is 0 Å². The van der Waals surface area contributed by atoms with Gasteiger partial charge in [-0.3, -0.25) is 4.79 Å². The van der Waals surface area contributed by atoms with Crippen LogP contribution < -0.4 is 0 Å². The normalized spacial score (nSPS) is 11.2. The van der Waals surface area contributed by atoms with Crippen LogP contribution in [0.25, 0.3) is 0 Å². The summed E-state index contributed by atoms with van der Waals surface area (Å²) in [6.45, 7) is 8.86. The van der Waals surface area contributed by atoms with E-state index in [1.165, 1.54) is 0 Å².